The van der Waals surface area contributed by atoms with Gasteiger partial charge < -0.3 is 0 Å². The van der Waals surface area contributed by atoms with Crippen LogP contribution in [0.4, 0.5) is 26.3 Å². The van der Waals surface area contributed by atoms with Gasteiger partial charge in [-0.2, -0.15) is 26.7 Å². The van der Waals surface area contributed by atoms with Crippen LogP contribution in [0.15, 0.2) is 75.9 Å². The van der Waals surface area contributed by atoms with Gasteiger partial charge in [0.25, 0.3) is 0 Å². The molecule has 12 heteroatoms. The van der Waals surface area contributed by atoms with Gasteiger partial charge in [0.15, 0.2) is 5.72 Å². The van der Waals surface area contributed by atoms with Gasteiger partial charge in [0.05, 0.1) is 14.9 Å². The molecule has 0 aliphatic heterocycles. The molecule has 0 bridgehead atoms. The first-order valence-corrected chi connectivity index (χ1v) is 11.1. The number of rotatable bonds is 6. The average Bonchev–Trinajstić information content (AvgIpc) is 2.71. The average molecular weight is 542 g/mol. The fraction of sp³-hybridized carbons (Fsp3) is 0.200. The lowest BCUT2D eigenvalue weighted by atomic mass is 9.91. The molecular weight excluding hydrogens is 528 g/mol. The largest absolute Gasteiger partial charge is 0.416 e. The van der Waals surface area contributed by atoms with Crippen molar-refractivity contribution in [1.29, 1.82) is 0 Å². The summed E-state index contributed by atoms with van der Waals surface area (Å²) in [4.78, 5) is -0.860. The quantitative estimate of drug-likeness (QED) is 0.361. The second kappa shape index (κ2) is 9.00. The molecule has 32 heavy (non-hydrogen) atoms. The van der Waals surface area contributed by atoms with Crippen LogP contribution in [0.2, 0.25) is 0 Å². The van der Waals surface area contributed by atoms with Crippen LogP contribution in [0, 0.1) is 0 Å². The fourth-order valence-corrected chi connectivity index (χ4v) is 5.00. The maximum Gasteiger partial charge on any atom is 0.416 e. The van der Waals surface area contributed by atoms with E-state index in [9.17, 15) is 34.8 Å². The van der Waals surface area contributed by atoms with E-state index in [4.69, 9.17) is 0 Å². The van der Waals surface area contributed by atoms with Gasteiger partial charge in [0.2, 0.25) is 10.0 Å². The zero-order chi connectivity index (χ0) is 23.7. The van der Waals surface area contributed by atoms with E-state index in [-0.39, 0.29) is 5.57 Å². The Kier molecular flexibility index (Phi) is 6.89. The molecule has 1 aliphatic carbocycles. The van der Waals surface area contributed by atoms with Gasteiger partial charge in [-0.3, -0.25) is 4.74 Å². The predicted octanol–water partition coefficient (Wildman–Crippen LogP) is 5.98. The topological polar surface area (TPSA) is 55.4 Å². The van der Waals surface area contributed by atoms with Crippen molar-refractivity contribution in [2.24, 2.45) is 0 Å². The molecule has 2 aromatic rings. The molecule has 1 aliphatic rings. The minimum Gasteiger partial charge on any atom is -0.295 e. The van der Waals surface area contributed by atoms with Gasteiger partial charge in [0.1, 0.15) is 5.83 Å². The van der Waals surface area contributed by atoms with Crippen LogP contribution in [0.1, 0.15) is 17.5 Å². The Morgan fingerprint density at radius 2 is 1.72 bits per heavy atom. The van der Waals surface area contributed by atoms with Crippen molar-refractivity contribution in [2.75, 3.05) is 0 Å². The maximum absolute atomic E-state index is 14.7. The molecule has 2 aromatic carbocycles. The summed E-state index contributed by atoms with van der Waals surface area (Å²) in [5.74, 6) is -1.09. The summed E-state index contributed by atoms with van der Waals surface area (Å²) >= 11 is 2.77. The van der Waals surface area contributed by atoms with E-state index >= 15 is 0 Å². The summed E-state index contributed by atoms with van der Waals surface area (Å²) in [6, 6.07) is 10.6. The SMILES string of the molecule is O=S(=O)(NC1(OC(F)F)CC(c2ccccc2)=CC(F)=C1Br)c1cccc(C(F)(F)F)c1. The highest BCUT2D eigenvalue weighted by Gasteiger charge is 2.46. The number of sulfonamides is 1. The van der Waals surface area contributed by atoms with Crippen molar-refractivity contribution < 1.29 is 39.5 Å². The number of benzene rings is 2. The first-order valence-electron chi connectivity index (χ1n) is 8.83. The third-order valence-corrected chi connectivity index (χ3v) is 7.00. The third kappa shape index (κ3) is 5.25. The molecule has 0 heterocycles. The van der Waals surface area contributed by atoms with Gasteiger partial charge >= 0.3 is 12.8 Å². The van der Waals surface area contributed by atoms with E-state index in [2.05, 4.69) is 20.7 Å². The molecule has 0 amide bonds. The fourth-order valence-electron chi connectivity index (χ4n) is 3.11. The zero-order valence-corrected chi connectivity index (χ0v) is 18.2. The normalized spacial score (nSPS) is 19.9. The molecule has 172 valence electrons. The summed E-state index contributed by atoms with van der Waals surface area (Å²) in [7, 11) is -4.88. The summed E-state index contributed by atoms with van der Waals surface area (Å²) in [5.41, 5.74) is -3.38. The Balaban J connectivity index is 2.08. The van der Waals surface area contributed by atoms with Crippen LogP contribution in [0.3, 0.4) is 0 Å². The number of halogens is 7. The molecule has 1 atom stereocenters. The summed E-state index contributed by atoms with van der Waals surface area (Å²) < 4.78 is 112. The molecule has 0 saturated carbocycles. The van der Waals surface area contributed by atoms with Crippen molar-refractivity contribution in [2.45, 2.75) is 29.8 Å². The van der Waals surface area contributed by atoms with Crippen molar-refractivity contribution in [3.8, 4) is 0 Å². The molecule has 4 nitrogen and oxygen atoms in total. The molecular formula is C20H14BrF6NO3S. The molecule has 3 rings (SSSR count). The van der Waals surface area contributed by atoms with Crippen molar-refractivity contribution in [3.63, 3.8) is 0 Å². The van der Waals surface area contributed by atoms with Crippen LogP contribution >= 0.6 is 15.9 Å². The number of nitrogens with one attached hydrogen (secondary N) is 1. The van der Waals surface area contributed by atoms with Crippen LogP contribution < -0.4 is 4.72 Å². The monoisotopic (exact) mass is 541 g/mol. The van der Waals surface area contributed by atoms with Gasteiger partial charge in [-0.05, 0) is 51.3 Å². The van der Waals surface area contributed by atoms with E-state index in [1.54, 1.807) is 30.3 Å². The Morgan fingerprint density at radius 3 is 2.31 bits per heavy atom. The highest BCUT2D eigenvalue weighted by atomic mass is 79.9. The molecule has 1 N–H and O–H groups in total. The van der Waals surface area contributed by atoms with Crippen molar-refractivity contribution in [1.82, 2.24) is 4.72 Å². The van der Waals surface area contributed by atoms with Gasteiger partial charge in [-0.25, -0.2) is 12.8 Å². The maximum atomic E-state index is 14.7. The third-order valence-electron chi connectivity index (χ3n) is 4.51. The predicted molar refractivity (Wildman–Crippen MR) is 108 cm³/mol. The standard InChI is InChI=1S/C20H14BrF6NO3S/c21-17-16(22)9-13(12-5-2-1-3-6-12)11-19(17,31-18(23)24)28-32(29,30)15-8-4-7-14(10-15)20(25,26)27/h1-10,18,28H,11H2. The van der Waals surface area contributed by atoms with E-state index in [0.717, 1.165) is 18.2 Å². The summed E-state index contributed by atoms with van der Waals surface area (Å²) in [6.07, 6.45) is -4.40. The number of allylic oxidation sites excluding steroid dienone is 2. The van der Waals surface area contributed by atoms with E-state index in [1.807, 2.05) is 4.72 Å². The highest BCUT2D eigenvalue weighted by molar-refractivity contribution is 9.11. The lowest BCUT2D eigenvalue weighted by Gasteiger charge is -2.37. The van der Waals surface area contributed by atoms with Crippen molar-refractivity contribution in [3.05, 3.63) is 82.1 Å². The smallest absolute Gasteiger partial charge is 0.295 e. The Bertz CT molecular complexity index is 1170. The summed E-state index contributed by atoms with van der Waals surface area (Å²) in [5, 5.41) is 0. The molecule has 0 aromatic heterocycles. The molecule has 0 fully saturated rings. The lowest BCUT2D eigenvalue weighted by molar-refractivity contribution is -0.195. The Morgan fingerprint density at radius 1 is 1.06 bits per heavy atom. The van der Waals surface area contributed by atoms with E-state index in [1.165, 1.54) is 0 Å². The first kappa shape index (κ1) is 24.5. The lowest BCUT2D eigenvalue weighted by Crippen LogP contribution is -2.53. The molecule has 0 spiro atoms. The Labute approximate surface area is 187 Å². The first-order chi connectivity index (χ1) is 14.8. The second-order valence-electron chi connectivity index (χ2n) is 6.71. The zero-order valence-electron chi connectivity index (χ0n) is 15.8. The number of alkyl halides is 5. The van der Waals surface area contributed by atoms with Crippen LogP contribution in [0.25, 0.3) is 5.57 Å². The van der Waals surface area contributed by atoms with Gasteiger partial charge in [-0.15, -0.1) is 0 Å². The van der Waals surface area contributed by atoms with Gasteiger partial charge in [0, 0.05) is 6.42 Å². The second-order valence-corrected chi connectivity index (χ2v) is 9.19. The van der Waals surface area contributed by atoms with Gasteiger partial charge in [-0.1, -0.05) is 36.4 Å². The number of hydrogen-bond acceptors (Lipinski definition) is 3. The Hall–Kier alpha value is -2.15. The van der Waals surface area contributed by atoms with Crippen LogP contribution in [-0.4, -0.2) is 20.8 Å². The van der Waals surface area contributed by atoms with Crippen LogP contribution in [-0.2, 0) is 20.9 Å². The minimum atomic E-state index is -4.88. The van der Waals surface area contributed by atoms with E-state index in [0.29, 0.717) is 17.7 Å². The number of hydrogen-bond donors (Lipinski definition) is 1. The van der Waals surface area contributed by atoms with Crippen LogP contribution in [0.5, 0.6) is 0 Å². The summed E-state index contributed by atoms with van der Waals surface area (Å²) in [6.45, 7) is -3.55. The molecule has 0 saturated heterocycles. The minimum absolute atomic E-state index is 0.124. The highest BCUT2D eigenvalue weighted by Crippen LogP contribution is 2.43. The van der Waals surface area contributed by atoms with E-state index < -0.39 is 55.7 Å². The van der Waals surface area contributed by atoms with Crippen molar-refractivity contribution >= 4 is 31.5 Å². The number of ether oxygens (including phenoxy) is 1. The molecule has 1 unspecified atom stereocenters. The molecule has 0 radical (unpaired) electrons.